The molecule has 0 aromatic heterocycles. The van der Waals surface area contributed by atoms with Gasteiger partial charge in [0.25, 0.3) is 0 Å². The largest absolute Gasteiger partial charge is 0.459 e. The first-order valence-electron chi connectivity index (χ1n) is 5.85. The van der Waals surface area contributed by atoms with Crippen LogP contribution < -0.4 is 0 Å². The summed E-state index contributed by atoms with van der Waals surface area (Å²) in [7, 11) is 0. The predicted molar refractivity (Wildman–Crippen MR) is 62.1 cm³/mol. The Morgan fingerprint density at radius 1 is 1.38 bits per heavy atom. The molecule has 1 saturated heterocycles. The maximum Gasteiger partial charge on any atom is 0.320 e. The summed E-state index contributed by atoms with van der Waals surface area (Å²) in [5.74, 6) is -0.186. The highest BCUT2D eigenvalue weighted by atomic mass is 16.6. The average molecular weight is 229 g/mol. The van der Waals surface area contributed by atoms with Crippen molar-refractivity contribution in [1.29, 1.82) is 0 Å². The molecule has 94 valence electrons. The molecule has 1 aliphatic rings. The number of piperidine rings is 1. The summed E-state index contributed by atoms with van der Waals surface area (Å²) in [5, 5.41) is 9.77. The van der Waals surface area contributed by atoms with Crippen LogP contribution in [0.3, 0.4) is 0 Å². The molecule has 1 fully saturated rings. The zero-order valence-corrected chi connectivity index (χ0v) is 10.7. The molecule has 0 atom stereocenters. The van der Waals surface area contributed by atoms with E-state index in [-0.39, 0.29) is 5.97 Å². The number of aliphatic hydroxyl groups is 1. The van der Waals surface area contributed by atoms with Crippen LogP contribution in [0.15, 0.2) is 0 Å². The third kappa shape index (κ3) is 4.94. The third-order valence-electron chi connectivity index (χ3n) is 2.71. The highest BCUT2D eigenvalue weighted by Crippen LogP contribution is 2.21. The van der Waals surface area contributed by atoms with E-state index in [0.717, 1.165) is 25.9 Å². The van der Waals surface area contributed by atoms with E-state index in [1.807, 2.05) is 32.6 Å². The van der Waals surface area contributed by atoms with Gasteiger partial charge in [-0.2, -0.15) is 0 Å². The number of ether oxygens (including phenoxy) is 1. The summed E-state index contributed by atoms with van der Waals surface area (Å²) >= 11 is 0. The minimum absolute atomic E-state index is 0.186. The van der Waals surface area contributed by atoms with Gasteiger partial charge in [0.15, 0.2) is 0 Å². The van der Waals surface area contributed by atoms with E-state index < -0.39 is 11.2 Å². The van der Waals surface area contributed by atoms with Crippen molar-refractivity contribution in [1.82, 2.24) is 4.90 Å². The van der Waals surface area contributed by atoms with Gasteiger partial charge in [0.2, 0.25) is 0 Å². The normalized spacial score (nSPS) is 21.8. The van der Waals surface area contributed by atoms with Crippen LogP contribution in [0.4, 0.5) is 0 Å². The number of likely N-dealkylation sites (tertiary alicyclic amines) is 1. The Morgan fingerprint density at radius 2 is 1.88 bits per heavy atom. The summed E-state index contributed by atoms with van der Waals surface area (Å²) in [6.45, 7) is 9.29. The van der Waals surface area contributed by atoms with Gasteiger partial charge in [0.1, 0.15) is 5.60 Å². The van der Waals surface area contributed by atoms with Crippen LogP contribution in [0.25, 0.3) is 0 Å². The Hall–Kier alpha value is -0.610. The van der Waals surface area contributed by atoms with Crippen molar-refractivity contribution < 1.29 is 14.6 Å². The van der Waals surface area contributed by atoms with Crippen LogP contribution in [0.2, 0.25) is 0 Å². The molecule has 0 bridgehead atoms. The zero-order valence-electron chi connectivity index (χ0n) is 10.7. The second-order valence-electron chi connectivity index (χ2n) is 5.86. The topological polar surface area (TPSA) is 49.8 Å². The second-order valence-corrected chi connectivity index (χ2v) is 5.86. The van der Waals surface area contributed by atoms with Crippen LogP contribution >= 0.6 is 0 Å². The van der Waals surface area contributed by atoms with Gasteiger partial charge in [0.05, 0.1) is 12.1 Å². The fourth-order valence-corrected chi connectivity index (χ4v) is 1.75. The van der Waals surface area contributed by atoms with Gasteiger partial charge < -0.3 is 9.84 Å². The summed E-state index contributed by atoms with van der Waals surface area (Å²) in [6, 6.07) is 0. The molecular weight excluding hydrogens is 206 g/mol. The van der Waals surface area contributed by atoms with Crippen molar-refractivity contribution in [2.75, 3.05) is 19.6 Å². The smallest absolute Gasteiger partial charge is 0.320 e. The number of nitrogens with zero attached hydrogens (tertiary/aromatic N) is 1. The Bertz CT molecular complexity index is 245. The van der Waals surface area contributed by atoms with Gasteiger partial charge in [-0.1, -0.05) is 0 Å². The Labute approximate surface area is 97.6 Å². The number of hydrogen-bond acceptors (Lipinski definition) is 4. The van der Waals surface area contributed by atoms with Crippen molar-refractivity contribution in [2.24, 2.45) is 0 Å². The first kappa shape index (κ1) is 13.5. The molecule has 0 aromatic carbocycles. The highest BCUT2D eigenvalue weighted by molar-refractivity contribution is 5.72. The molecule has 0 spiro atoms. The molecule has 0 aromatic rings. The molecule has 16 heavy (non-hydrogen) atoms. The molecule has 1 heterocycles. The zero-order chi connectivity index (χ0) is 12.4. The van der Waals surface area contributed by atoms with E-state index in [1.54, 1.807) is 0 Å². The van der Waals surface area contributed by atoms with Gasteiger partial charge >= 0.3 is 5.97 Å². The maximum absolute atomic E-state index is 11.6. The van der Waals surface area contributed by atoms with Gasteiger partial charge in [-0.05, 0) is 40.5 Å². The van der Waals surface area contributed by atoms with E-state index in [2.05, 4.69) is 0 Å². The fraction of sp³-hybridized carbons (Fsp3) is 0.917. The molecule has 4 nitrogen and oxygen atoms in total. The number of rotatable bonds is 2. The van der Waals surface area contributed by atoms with Crippen LogP contribution in [0.5, 0.6) is 0 Å². The van der Waals surface area contributed by atoms with Crippen LogP contribution in [0.1, 0.15) is 40.5 Å². The summed E-state index contributed by atoms with van der Waals surface area (Å²) in [5.41, 5.74) is -0.983. The van der Waals surface area contributed by atoms with E-state index in [1.165, 1.54) is 0 Å². The Kier molecular flexibility index (Phi) is 3.97. The molecule has 0 amide bonds. The predicted octanol–water partition coefficient (Wildman–Crippen LogP) is 1.17. The van der Waals surface area contributed by atoms with Crippen molar-refractivity contribution in [3.8, 4) is 0 Å². The maximum atomic E-state index is 11.6. The lowest BCUT2D eigenvalue weighted by molar-refractivity contribution is -0.157. The van der Waals surface area contributed by atoms with E-state index >= 15 is 0 Å². The molecule has 1 aliphatic heterocycles. The molecule has 4 heteroatoms. The molecular formula is C12H23NO3. The van der Waals surface area contributed by atoms with E-state index in [9.17, 15) is 9.90 Å². The number of carbonyl (C=O) groups is 1. The molecule has 0 aliphatic carbocycles. The van der Waals surface area contributed by atoms with Gasteiger partial charge in [-0.15, -0.1) is 0 Å². The quantitative estimate of drug-likeness (QED) is 0.722. The molecule has 0 radical (unpaired) electrons. The number of carbonyl (C=O) groups excluding carboxylic acids is 1. The minimum Gasteiger partial charge on any atom is -0.459 e. The first-order valence-corrected chi connectivity index (χ1v) is 5.85. The molecule has 0 unspecified atom stereocenters. The SMILES string of the molecule is CC1(O)CCN(CC(=O)OC(C)(C)C)CC1. The fourth-order valence-electron chi connectivity index (χ4n) is 1.75. The average Bonchev–Trinajstić information content (AvgIpc) is 2.05. The standard InChI is InChI=1S/C12H23NO3/c1-11(2,3)16-10(14)9-13-7-5-12(4,15)6-8-13/h15H,5-9H2,1-4H3. The van der Waals surface area contributed by atoms with E-state index in [0.29, 0.717) is 6.54 Å². The second kappa shape index (κ2) is 4.72. The summed E-state index contributed by atoms with van der Waals surface area (Å²) in [6.07, 6.45) is 1.44. The van der Waals surface area contributed by atoms with Crippen LogP contribution in [-0.4, -0.2) is 46.8 Å². The lowest BCUT2D eigenvalue weighted by atomic mass is 9.94. The lowest BCUT2D eigenvalue weighted by Crippen LogP contribution is -2.45. The third-order valence-corrected chi connectivity index (χ3v) is 2.71. The monoisotopic (exact) mass is 229 g/mol. The van der Waals surface area contributed by atoms with Gasteiger partial charge in [0, 0.05) is 13.1 Å². The molecule has 1 rings (SSSR count). The Morgan fingerprint density at radius 3 is 2.31 bits per heavy atom. The van der Waals surface area contributed by atoms with Crippen molar-refractivity contribution in [3.63, 3.8) is 0 Å². The number of esters is 1. The summed E-state index contributed by atoms with van der Waals surface area (Å²) < 4.78 is 5.25. The van der Waals surface area contributed by atoms with Crippen LogP contribution in [0, 0.1) is 0 Å². The van der Waals surface area contributed by atoms with Gasteiger partial charge in [-0.3, -0.25) is 9.69 Å². The van der Waals surface area contributed by atoms with Crippen molar-refractivity contribution in [3.05, 3.63) is 0 Å². The van der Waals surface area contributed by atoms with Crippen molar-refractivity contribution in [2.45, 2.75) is 51.7 Å². The first-order chi connectivity index (χ1) is 7.18. The van der Waals surface area contributed by atoms with Crippen molar-refractivity contribution >= 4 is 5.97 Å². The summed E-state index contributed by atoms with van der Waals surface area (Å²) in [4.78, 5) is 13.6. The minimum atomic E-state index is -0.565. The van der Waals surface area contributed by atoms with E-state index in [4.69, 9.17) is 4.74 Å². The molecule has 0 saturated carbocycles. The van der Waals surface area contributed by atoms with Gasteiger partial charge in [-0.25, -0.2) is 0 Å². The molecule has 1 N–H and O–H groups in total. The van der Waals surface area contributed by atoms with Crippen LogP contribution in [-0.2, 0) is 9.53 Å². The number of hydrogen-bond donors (Lipinski definition) is 1. The lowest BCUT2D eigenvalue weighted by Gasteiger charge is -2.35. The highest BCUT2D eigenvalue weighted by Gasteiger charge is 2.29. The Balaban J connectivity index is 2.32.